The summed E-state index contributed by atoms with van der Waals surface area (Å²) in [6, 6.07) is 15.8. The largest absolute Gasteiger partial charge is 0.497 e. The third-order valence-electron chi connectivity index (χ3n) is 3.59. The van der Waals surface area contributed by atoms with Crippen LogP contribution in [0.4, 0.5) is 0 Å². The smallest absolute Gasteiger partial charge is 0.118 e. The Morgan fingerprint density at radius 3 is 2.38 bits per heavy atom. The van der Waals surface area contributed by atoms with Gasteiger partial charge in [-0.2, -0.15) is 0 Å². The SMILES string of the molecule is CN[C@@H](C[C@H](O)c1ccccc1Br)c1ccc(OC)cc1. The molecule has 0 aliphatic heterocycles. The van der Waals surface area contributed by atoms with Crippen molar-refractivity contribution in [2.75, 3.05) is 14.2 Å². The predicted molar refractivity (Wildman–Crippen MR) is 88.5 cm³/mol. The van der Waals surface area contributed by atoms with Crippen LogP contribution in [-0.2, 0) is 0 Å². The molecular formula is C17H20BrNO2. The minimum absolute atomic E-state index is 0.0815. The average Bonchev–Trinajstić information content (AvgIpc) is 2.53. The summed E-state index contributed by atoms with van der Waals surface area (Å²) in [4.78, 5) is 0. The summed E-state index contributed by atoms with van der Waals surface area (Å²) in [6.45, 7) is 0. The van der Waals surface area contributed by atoms with E-state index in [9.17, 15) is 5.11 Å². The van der Waals surface area contributed by atoms with Gasteiger partial charge in [0.2, 0.25) is 0 Å². The van der Waals surface area contributed by atoms with Gasteiger partial charge in [-0.25, -0.2) is 0 Å². The highest BCUT2D eigenvalue weighted by molar-refractivity contribution is 9.10. The lowest BCUT2D eigenvalue weighted by Crippen LogP contribution is -2.19. The van der Waals surface area contributed by atoms with Crippen LogP contribution in [0.2, 0.25) is 0 Å². The van der Waals surface area contributed by atoms with Crippen LogP contribution in [0.15, 0.2) is 53.0 Å². The quantitative estimate of drug-likeness (QED) is 0.832. The first kappa shape index (κ1) is 16.0. The molecule has 0 heterocycles. The summed E-state index contributed by atoms with van der Waals surface area (Å²) in [5.41, 5.74) is 2.04. The number of ether oxygens (including phenoxy) is 1. The summed E-state index contributed by atoms with van der Waals surface area (Å²) >= 11 is 3.49. The number of rotatable bonds is 6. The van der Waals surface area contributed by atoms with Gasteiger partial charge in [0, 0.05) is 10.5 Å². The first-order chi connectivity index (χ1) is 10.2. The third kappa shape index (κ3) is 4.06. The number of aliphatic hydroxyl groups excluding tert-OH is 1. The maximum Gasteiger partial charge on any atom is 0.118 e. The molecule has 0 spiro atoms. The molecule has 0 radical (unpaired) electrons. The van der Waals surface area contributed by atoms with Crippen LogP contribution in [-0.4, -0.2) is 19.3 Å². The number of nitrogens with one attached hydrogen (secondary N) is 1. The maximum absolute atomic E-state index is 10.5. The zero-order valence-corrected chi connectivity index (χ0v) is 13.8. The van der Waals surface area contributed by atoms with E-state index in [-0.39, 0.29) is 6.04 Å². The van der Waals surface area contributed by atoms with E-state index in [2.05, 4.69) is 21.2 Å². The monoisotopic (exact) mass is 349 g/mol. The molecule has 2 atom stereocenters. The molecule has 2 aromatic rings. The standard InChI is InChI=1S/C17H20BrNO2/c1-19-16(12-7-9-13(21-2)10-8-12)11-17(20)14-5-3-4-6-15(14)18/h3-10,16-17,19-20H,11H2,1-2H3/t16-,17-/m0/s1. The van der Waals surface area contributed by atoms with Crippen molar-refractivity contribution in [3.8, 4) is 5.75 Å². The van der Waals surface area contributed by atoms with Crippen LogP contribution in [0.5, 0.6) is 5.75 Å². The van der Waals surface area contributed by atoms with Crippen molar-refractivity contribution in [2.45, 2.75) is 18.6 Å². The first-order valence-corrected chi connectivity index (χ1v) is 7.68. The van der Waals surface area contributed by atoms with E-state index in [0.717, 1.165) is 21.3 Å². The molecule has 21 heavy (non-hydrogen) atoms. The van der Waals surface area contributed by atoms with Crippen molar-refractivity contribution >= 4 is 15.9 Å². The van der Waals surface area contributed by atoms with E-state index in [4.69, 9.17) is 4.74 Å². The van der Waals surface area contributed by atoms with Gasteiger partial charge in [-0.15, -0.1) is 0 Å². The van der Waals surface area contributed by atoms with Gasteiger partial charge >= 0.3 is 0 Å². The van der Waals surface area contributed by atoms with Crippen molar-refractivity contribution in [1.29, 1.82) is 0 Å². The minimum Gasteiger partial charge on any atom is -0.497 e. The highest BCUT2D eigenvalue weighted by Crippen LogP contribution is 2.31. The van der Waals surface area contributed by atoms with E-state index in [0.29, 0.717) is 6.42 Å². The lowest BCUT2D eigenvalue weighted by atomic mass is 9.97. The summed E-state index contributed by atoms with van der Waals surface area (Å²) in [5, 5.41) is 13.7. The Kier molecular flexibility index (Phi) is 5.79. The molecule has 0 bridgehead atoms. The molecule has 2 rings (SSSR count). The highest BCUT2D eigenvalue weighted by atomic mass is 79.9. The molecule has 0 aromatic heterocycles. The summed E-state index contributed by atoms with van der Waals surface area (Å²) in [6.07, 6.45) is 0.0750. The van der Waals surface area contributed by atoms with Gasteiger partial charge in [-0.3, -0.25) is 0 Å². The molecule has 0 saturated heterocycles. The lowest BCUT2D eigenvalue weighted by molar-refractivity contribution is 0.152. The van der Waals surface area contributed by atoms with Gasteiger partial charge in [-0.1, -0.05) is 46.3 Å². The fourth-order valence-electron chi connectivity index (χ4n) is 2.35. The molecule has 0 aliphatic carbocycles. The molecule has 0 aliphatic rings. The van der Waals surface area contributed by atoms with Crippen molar-refractivity contribution in [1.82, 2.24) is 5.32 Å². The average molecular weight is 350 g/mol. The lowest BCUT2D eigenvalue weighted by Gasteiger charge is -2.21. The Hall–Kier alpha value is -1.36. The second kappa shape index (κ2) is 7.59. The highest BCUT2D eigenvalue weighted by Gasteiger charge is 2.18. The summed E-state index contributed by atoms with van der Waals surface area (Å²) < 4.78 is 6.11. The Morgan fingerprint density at radius 2 is 1.81 bits per heavy atom. The maximum atomic E-state index is 10.5. The first-order valence-electron chi connectivity index (χ1n) is 6.89. The van der Waals surface area contributed by atoms with Crippen molar-refractivity contribution in [3.63, 3.8) is 0 Å². The molecule has 2 N–H and O–H groups in total. The topological polar surface area (TPSA) is 41.5 Å². The molecule has 2 aromatic carbocycles. The van der Waals surface area contributed by atoms with Crippen LogP contribution in [0.1, 0.15) is 29.7 Å². The molecule has 0 amide bonds. The van der Waals surface area contributed by atoms with E-state index in [1.165, 1.54) is 0 Å². The Balaban J connectivity index is 2.13. The normalized spacial score (nSPS) is 13.7. The van der Waals surface area contributed by atoms with Crippen LogP contribution in [0.3, 0.4) is 0 Å². The molecule has 112 valence electrons. The number of benzene rings is 2. The molecule has 4 heteroatoms. The molecule has 0 fully saturated rings. The number of methoxy groups -OCH3 is 1. The zero-order valence-electron chi connectivity index (χ0n) is 12.2. The van der Waals surface area contributed by atoms with Gasteiger partial charge < -0.3 is 15.2 Å². The molecule has 0 saturated carbocycles. The van der Waals surface area contributed by atoms with Crippen LogP contribution in [0.25, 0.3) is 0 Å². The van der Waals surface area contributed by atoms with Gasteiger partial charge in [0.15, 0.2) is 0 Å². The summed E-state index contributed by atoms with van der Waals surface area (Å²) in [5.74, 6) is 0.833. The number of halogens is 1. The van der Waals surface area contributed by atoms with E-state index in [1.54, 1.807) is 7.11 Å². The zero-order chi connectivity index (χ0) is 15.2. The second-order valence-corrected chi connectivity index (χ2v) is 5.74. The van der Waals surface area contributed by atoms with Crippen LogP contribution < -0.4 is 10.1 Å². The van der Waals surface area contributed by atoms with Crippen molar-refractivity contribution in [2.24, 2.45) is 0 Å². The van der Waals surface area contributed by atoms with E-state index < -0.39 is 6.10 Å². The number of hydrogen-bond acceptors (Lipinski definition) is 3. The fourth-order valence-corrected chi connectivity index (χ4v) is 2.90. The van der Waals surface area contributed by atoms with Gasteiger partial charge in [0.25, 0.3) is 0 Å². The number of aliphatic hydroxyl groups is 1. The van der Waals surface area contributed by atoms with E-state index >= 15 is 0 Å². The van der Waals surface area contributed by atoms with Crippen molar-refractivity contribution in [3.05, 3.63) is 64.1 Å². The predicted octanol–water partition coefficient (Wildman–Crippen LogP) is 3.84. The van der Waals surface area contributed by atoms with Gasteiger partial charge in [0.1, 0.15) is 5.75 Å². The fraction of sp³-hybridized carbons (Fsp3) is 0.294. The van der Waals surface area contributed by atoms with Crippen LogP contribution in [0, 0.1) is 0 Å². The summed E-state index contributed by atoms with van der Waals surface area (Å²) in [7, 11) is 3.56. The molecule has 0 unspecified atom stereocenters. The Morgan fingerprint density at radius 1 is 1.14 bits per heavy atom. The molecular weight excluding hydrogens is 330 g/mol. The van der Waals surface area contributed by atoms with Gasteiger partial charge in [-0.05, 0) is 42.8 Å². The Labute approximate surface area is 134 Å². The minimum atomic E-state index is -0.528. The number of hydrogen-bond donors (Lipinski definition) is 2. The second-order valence-electron chi connectivity index (χ2n) is 4.89. The van der Waals surface area contributed by atoms with Gasteiger partial charge in [0.05, 0.1) is 13.2 Å². The molecule has 3 nitrogen and oxygen atoms in total. The van der Waals surface area contributed by atoms with Crippen LogP contribution >= 0.6 is 15.9 Å². The Bertz CT molecular complexity index is 571. The third-order valence-corrected chi connectivity index (χ3v) is 4.31. The van der Waals surface area contributed by atoms with E-state index in [1.807, 2.05) is 55.6 Å². The van der Waals surface area contributed by atoms with Crippen molar-refractivity contribution < 1.29 is 9.84 Å².